The topological polar surface area (TPSA) is 58.6 Å². The Labute approximate surface area is 119 Å². The first-order chi connectivity index (χ1) is 9.06. The van der Waals surface area contributed by atoms with Gasteiger partial charge in [0.15, 0.2) is 0 Å². The van der Waals surface area contributed by atoms with Crippen LogP contribution in [0.4, 0.5) is 4.39 Å². The molecule has 1 saturated heterocycles. The molecule has 1 aromatic rings. The van der Waals surface area contributed by atoms with Gasteiger partial charge in [-0.15, -0.1) is 0 Å². The highest BCUT2D eigenvalue weighted by Crippen LogP contribution is 2.22. The predicted molar refractivity (Wildman–Crippen MR) is 71.4 cm³/mol. The normalized spacial score (nSPS) is 18.1. The molecule has 0 saturated carbocycles. The lowest BCUT2D eigenvalue weighted by molar-refractivity contribution is 0.0125. The van der Waals surface area contributed by atoms with Crippen molar-refractivity contribution in [2.24, 2.45) is 0 Å². The molecule has 4 nitrogen and oxygen atoms in total. The van der Waals surface area contributed by atoms with Gasteiger partial charge in [-0.05, 0) is 47.0 Å². The average Bonchev–Trinajstić information content (AvgIpc) is 2.43. The molecule has 0 aromatic heterocycles. The first-order valence-corrected chi connectivity index (χ1v) is 6.82. The Bertz CT molecular complexity index is 475. The Balaban J connectivity index is 2.12. The minimum absolute atomic E-state index is 0.152. The lowest BCUT2D eigenvalue weighted by Gasteiger charge is -2.36. The van der Waals surface area contributed by atoms with Crippen molar-refractivity contribution < 1.29 is 19.0 Å². The number of carbonyl (C=O) groups excluding carboxylic acids is 1. The van der Waals surface area contributed by atoms with Crippen LogP contribution in [-0.2, 0) is 4.74 Å². The SMILES string of the molecule is O=C(NC1(CO)CCOCC1)c1ccc(Br)c(F)c1. The summed E-state index contributed by atoms with van der Waals surface area (Å²) in [5.74, 6) is -0.875. The molecule has 1 heterocycles. The van der Waals surface area contributed by atoms with Crippen LogP contribution in [0.2, 0.25) is 0 Å². The van der Waals surface area contributed by atoms with Crippen molar-refractivity contribution in [1.29, 1.82) is 0 Å². The van der Waals surface area contributed by atoms with Gasteiger partial charge in [0, 0.05) is 18.8 Å². The number of aliphatic hydroxyl groups is 1. The number of benzene rings is 1. The second-order valence-electron chi connectivity index (χ2n) is 4.63. The molecule has 1 aliphatic rings. The van der Waals surface area contributed by atoms with Gasteiger partial charge >= 0.3 is 0 Å². The van der Waals surface area contributed by atoms with E-state index >= 15 is 0 Å². The van der Waals surface area contributed by atoms with Gasteiger partial charge in [-0.1, -0.05) is 0 Å². The fourth-order valence-electron chi connectivity index (χ4n) is 2.04. The van der Waals surface area contributed by atoms with E-state index in [1.165, 1.54) is 18.2 Å². The summed E-state index contributed by atoms with van der Waals surface area (Å²) in [5, 5.41) is 12.3. The summed E-state index contributed by atoms with van der Waals surface area (Å²) in [5.41, 5.74) is -0.432. The van der Waals surface area contributed by atoms with Gasteiger partial charge in [0.05, 0.1) is 16.6 Å². The molecule has 1 fully saturated rings. The predicted octanol–water partition coefficient (Wildman–Crippen LogP) is 1.86. The van der Waals surface area contributed by atoms with Crippen molar-refractivity contribution in [2.45, 2.75) is 18.4 Å². The number of amides is 1. The highest BCUT2D eigenvalue weighted by Gasteiger charge is 2.33. The fraction of sp³-hybridized carbons (Fsp3) is 0.462. The van der Waals surface area contributed by atoms with Gasteiger partial charge in [-0.3, -0.25) is 4.79 Å². The first-order valence-electron chi connectivity index (χ1n) is 6.02. The zero-order valence-electron chi connectivity index (χ0n) is 10.3. The summed E-state index contributed by atoms with van der Waals surface area (Å²) >= 11 is 3.04. The molecule has 0 radical (unpaired) electrons. The Morgan fingerprint density at radius 3 is 2.74 bits per heavy atom. The summed E-state index contributed by atoms with van der Waals surface area (Å²) < 4.78 is 18.9. The molecule has 0 aliphatic carbocycles. The van der Waals surface area contributed by atoms with Crippen LogP contribution in [-0.4, -0.2) is 36.4 Å². The molecule has 0 spiro atoms. The molecular weight excluding hydrogens is 317 g/mol. The molecule has 0 bridgehead atoms. The minimum Gasteiger partial charge on any atom is -0.394 e. The van der Waals surface area contributed by atoms with E-state index in [2.05, 4.69) is 21.2 Å². The zero-order valence-corrected chi connectivity index (χ0v) is 11.9. The Hall–Kier alpha value is -0.980. The van der Waals surface area contributed by atoms with Crippen molar-refractivity contribution in [3.05, 3.63) is 34.1 Å². The van der Waals surface area contributed by atoms with Crippen LogP contribution in [0.25, 0.3) is 0 Å². The number of carbonyl (C=O) groups is 1. The molecule has 19 heavy (non-hydrogen) atoms. The number of ether oxygens (including phenoxy) is 1. The van der Waals surface area contributed by atoms with Gasteiger partial charge < -0.3 is 15.2 Å². The van der Waals surface area contributed by atoms with E-state index in [4.69, 9.17) is 4.74 Å². The molecular formula is C13H15BrFNO3. The van der Waals surface area contributed by atoms with Crippen LogP contribution in [0.15, 0.2) is 22.7 Å². The van der Waals surface area contributed by atoms with Crippen LogP contribution < -0.4 is 5.32 Å². The van der Waals surface area contributed by atoms with Crippen molar-refractivity contribution in [3.8, 4) is 0 Å². The summed E-state index contributed by atoms with van der Waals surface area (Å²) in [6, 6.07) is 4.19. The van der Waals surface area contributed by atoms with Crippen LogP contribution in [0, 0.1) is 5.82 Å². The first kappa shape index (κ1) is 14.4. The van der Waals surface area contributed by atoms with E-state index in [1.807, 2.05) is 0 Å². The number of halogens is 2. The van der Waals surface area contributed by atoms with Gasteiger partial charge in [0.25, 0.3) is 5.91 Å². The number of nitrogens with one attached hydrogen (secondary N) is 1. The number of hydrogen-bond donors (Lipinski definition) is 2. The second kappa shape index (κ2) is 5.98. The maximum atomic E-state index is 13.4. The van der Waals surface area contributed by atoms with E-state index < -0.39 is 11.4 Å². The fourth-order valence-corrected chi connectivity index (χ4v) is 2.28. The van der Waals surface area contributed by atoms with E-state index in [-0.39, 0.29) is 18.1 Å². The standard InChI is InChI=1S/C13H15BrFNO3/c14-10-2-1-9(7-11(10)15)12(18)16-13(8-17)3-5-19-6-4-13/h1-2,7,17H,3-6,8H2,(H,16,18). The Morgan fingerprint density at radius 2 is 2.16 bits per heavy atom. The highest BCUT2D eigenvalue weighted by molar-refractivity contribution is 9.10. The van der Waals surface area contributed by atoms with Crippen LogP contribution >= 0.6 is 15.9 Å². The van der Waals surface area contributed by atoms with E-state index in [0.29, 0.717) is 30.5 Å². The largest absolute Gasteiger partial charge is 0.394 e. The monoisotopic (exact) mass is 331 g/mol. The molecule has 0 atom stereocenters. The minimum atomic E-state index is -0.668. The molecule has 1 aliphatic heterocycles. The second-order valence-corrected chi connectivity index (χ2v) is 5.49. The van der Waals surface area contributed by atoms with Gasteiger partial charge in [-0.2, -0.15) is 0 Å². The van der Waals surface area contributed by atoms with E-state index in [0.717, 1.165) is 0 Å². The Morgan fingerprint density at radius 1 is 1.47 bits per heavy atom. The summed E-state index contributed by atoms with van der Waals surface area (Å²) in [6.45, 7) is 0.839. The smallest absolute Gasteiger partial charge is 0.251 e. The molecule has 1 amide bonds. The third-order valence-corrected chi connectivity index (χ3v) is 3.96. The molecule has 0 unspecified atom stereocenters. The molecule has 6 heteroatoms. The molecule has 1 aromatic carbocycles. The van der Waals surface area contributed by atoms with Gasteiger partial charge in [-0.25, -0.2) is 4.39 Å². The van der Waals surface area contributed by atoms with Crippen LogP contribution in [0.1, 0.15) is 23.2 Å². The number of hydrogen-bond acceptors (Lipinski definition) is 3. The zero-order chi connectivity index (χ0) is 13.9. The summed E-state index contributed by atoms with van der Waals surface area (Å²) in [7, 11) is 0. The molecule has 104 valence electrons. The lowest BCUT2D eigenvalue weighted by atomic mass is 9.90. The third-order valence-electron chi connectivity index (χ3n) is 3.31. The summed E-state index contributed by atoms with van der Waals surface area (Å²) in [6.07, 6.45) is 1.10. The third kappa shape index (κ3) is 3.32. The molecule has 2 rings (SSSR count). The van der Waals surface area contributed by atoms with Crippen molar-refractivity contribution in [3.63, 3.8) is 0 Å². The van der Waals surface area contributed by atoms with Crippen LogP contribution in [0.3, 0.4) is 0 Å². The van der Waals surface area contributed by atoms with Crippen molar-refractivity contribution in [2.75, 3.05) is 19.8 Å². The maximum absolute atomic E-state index is 13.4. The summed E-state index contributed by atoms with van der Waals surface area (Å²) in [4.78, 5) is 12.1. The van der Waals surface area contributed by atoms with Gasteiger partial charge in [0.1, 0.15) is 5.82 Å². The number of aliphatic hydroxyl groups excluding tert-OH is 1. The van der Waals surface area contributed by atoms with Crippen molar-refractivity contribution >= 4 is 21.8 Å². The van der Waals surface area contributed by atoms with Crippen LogP contribution in [0.5, 0.6) is 0 Å². The quantitative estimate of drug-likeness (QED) is 0.888. The highest BCUT2D eigenvalue weighted by atomic mass is 79.9. The maximum Gasteiger partial charge on any atom is 0.251 e. The number of rotatable bonds is 3. The Kier molecular flexibility index (Phi) is 4.54. The van der Waals surface area contributed by atoms with E-state index in [1.54, 1.807) is 0 Å². The van der Waals surface area contributed by atoms with Gasteiger partial charge in [0.2, 0.25) is 0 Å². The average molecular weight is 332 g/mol. The van der Waals surface area contributed by atoms with Crippen molar-refractivity contribution in [1.82, 2.24) is 5.32 Å². The van der Waals surface area contributed by atoms with E-state index in [9.17, 15) is 14.3 Å². The lowest BCUT2D eigenvalue weighted by Crippen LogP contribution is -2.54. The molecule has 2 N–H and O–H groups in total.